The molecule has 1 N–H and O–H groups in total. The normalized spacial score (nSPS) is 19.8. The molecule has 2 aromatic heterocycles. The van der Waals surface area contributed by atoms with Crippen molar-refractivity contribution in [3.63, 3.8) is 0 Å². The van der Waals surface area contributed by atoms with Crippen LogP contribution in [0, 0.1) is 5.92 Å². The predicted molar refractivity (Wildman–Crippen MR) is 109 cm³/mol. The van der Waals surface area contributed by atoms with Gasteiger partial charge in [-0.05, 0) is 32.8 Å². The van der Waals surface area contributed by atoms with Crippen LogP contribution in [0.1, 0.15) is 49.3 Å². The number of imidazole rings is 1. The Labute approximate surface area is 173 Å². The Bertz CT molecular complexity index is 1150. The van der Waals surface area contributed by atoms with Gasteiger partial charge in [-0.15, -0.1) is 5.10 Å². The minimum absolute atomic E-state index is 0.00110. The highest BCUT2D eigenvalue weighted by molar-refractivity contribution is 5.98. The van der Waals surface area contributed by atoms with Gasteiger partial charge in [-0.1, -0.05) is 24.3 Å². The molecule has 1 aromatic carbocycles. The van der Waals surface area contributed by atoms with Gasteiger partial charge in [-0.2, -0.15) is 0 Å². The van der Waals surface area contributed by atoms with E-state index in [2.05, 4.69) is 32.1 Å². The van der Waals surface area contributed by atoms with E-state index in [4.69, 9.17) is 4.74 Å². The quantitative estimate of drug-likeness (QED) is 0.705. The zero-order valence-electron chi connectivity index (χ0n) is 17.1. The van der Waals surface area contributed by atoms with E-state index in [-0.39, 0.29) is 23.6 Å². The largest absolute Gasteiger partial charge is 0.414 e. The van der Waals surface area contributed by atoms with Crippen molar-refractivity contribution in [3.05, 3.63) is 54.1 Å². The zero-order chi connectivity index (χ0) is 21.0. The monoisotopic (exact) mass is 405 g/mol. The highest BCUT2D eigenvalue weighted by Gasteiger charge is 2.41. The summed E-state index contributed by atoms with van der Waals surface area (Å²) in [7, 11) is 0. The van der Waals surface area contributed by atoms with Gasteiger partial charge in [-0.3, -0.25) is 9.48 Å². The summed E-state index contributed by atoms with van der Waals surface area (Å²) in [5.74, 6) is -0.0980. The van der Waals surface area contributed by atoms with Crippen LogP contribution in [-0.2, 0) is 6.54 Å². The lowest BCUT2D eigenvalue weighted by atomic mass is 9.84. The van der Waals surface area contributed by atoms with Crippen molar-refractivity contribution in [2.45, 2.75) is 45.3 Å². The number of amides is 1. The fraction of sp³-hybridized carbons (Fsp3) is 0.364. The third kappa shape index (κ3) is 2.99. The molecule has 5 rings (SSSR count). The number of carbonyl (C=O) groups excluding carboxylic acids is 2. The van der Waals surface area contributed by atoms with Gasteiger partial charge >= 0.3 is 6.09 Å². The first-order valence-corrected chi connectivity index (χ1v) is 10.0. The lowest BCUT2D eigenvalue weighted by Gasteiger charge is -2.28. The van der Waals surface area contributed by atoms with Crippen LogP contribution < -0.4 is 10.1 Å². The second-order valence-electron chi connectivity index (χ2n) is 8.83. The van der Waals surface area contributed by atoms with Crippen LogP contribution in [0.3, 0.4) is 0 Å². The number of ether oxygens (including phenoxy) is 1. The highest BCUT2D eigenvalue weighted by atomic mass is 16.6. The Morgan fingerprint density at radius 2 is 2.03 bits per heavy atom. The smallest absolute Gasteiger partial charge is 0.390 e. The Hall–Kier alpha value is -3.42. The number of carbonyl (C=O) groups is 2. The fourth-order valence-corrected chi connectivity index (χ4v) is 4.41. The average molecular weight is 405 g/mol. The molecule has 30 heavy (non-hydrogen) atoms. The molecule has 2 aliphatic heterocycles. The van der Waals surface area contributed by atoms with Crippen LogP contribution >= 0.6 is 0 Å². The summed E-state index contributed by atoms with van der Waals surface area (Å²) < 4.78 is 9.03. The maximum Gasteiger partial charge on any atom is 0.414 e. The van der Waals surface area contributed by atoms with Crippen molar-refractivity contribution < 1.29 is 14.3 Å². The van der Waals surface area contributed by atoms with Crippen molar-refractivity contribution in [1.29, 1.82) is 0 Å². The molecule has 0 saturated carbocycles. The molecule has 0 aliphatic carbocycles. The van der Waals surface area contributed by atoms with Gasteiger partial charge in [0.25, 0.3) is 0 Å². The van der Waals surface area contributed by atoms with E-state index in [9.17, 15) is 9.59 Å². The Balaban J connectivity index is 1.43. The number of rotatable bonds is 2. The summed E-state index contributed by atoms with van der Waals surface area (Å²) in [5, 5.41) is 7.03. The Kier molecular flexibility index (Phi) is 4.06. The third-order valence-corrected chi connectivity index (χ3v) is 5.58. The average Bonchev–Trinajstić information content (AvgIpc) is 3.35. The van der Waals surface area contributed by atoms with E-state index in [0.717, 1.165) is 16.8 Å². The molecule has 8 heteroatoms. The van der Waals surface area contributed by atoms with Crippen molar-refractivity contribution in [2.75, 3.05) is 0 Å². The predicted octanol–water partition coefficient (Wildman–Crippen LogP) is 3.44. The van der Waals surface area contributed by atoms with E-state index in [1.54, 1.807) is 17.1 Å². The molecule has 2 atom stereocenters. The summed E-state index contributed by atoms with van der Waals surface area (Å²) in [6.45, 7) is 6.18. The lowest BCUT2D eigenvalue weighted by molar-refractivity contribution is 0.0840. The SMILES string of the molecule is CC(C)(C)NC(=O)Oc1cc2n(n1)CCC(C1c3ccccc3-c3cncn31)C2=O. The molecule has 1 amide bonds. The minimum atomic E-state index is -0.588. The van der Waals surface area contributed by atoms with E-state index in [1.165, 1.54) is 0 Å². The number of hydrogen-bond acceptors (Lipinski definition) is 5. The van der Waals surface area contributed by atoms with Crippen LogP contribution in [0.4, 0.5) is 4.79 Å². The molecule has 154 valence electrons. The molecule has 2 unspecified atom stereocenters. The van der Waals surface area contributed by atoms with Crippen molar-refractivity contribution in [3.8, 4) is 17.1 Å². The number of aromatic nitrogens is 4. The fourth-order valence-electron chi connectivity index (χ4n) is 4.41. The Morgan fingerprint density at radius 3 is 2.83 bits per heavy atom. The molecule has 0 fully saturated rings. The molecule has 0 bridgehead atoms. The number of hydrogen-bond donors (Lipinski definition) is 1. The molecule has 0 spiro atoms. The van der Waals surface area contributed by atoms with Gasteiger partial charge in [0.2, 0.25) is 5.88 Å². The van der Waals surface area contributed by atoms with Crippen LogP contribution in [-0.4, -0.2) is 36.7 Å². The highest BCUT2D eigenvalue weighted by Crippen LogP contribution is 2.45. The van der Waals surface area contributed by atoms with Crippen LogP contribution in [0.5, 0.6) is 5.88 Å². The van der Waals surface area contributed by atoms with Gasteiger partial charge in [0.05, 0.1) is 30.2 Å². The maximum absolute atomic E-state index is 13.4. The second kappa shape index (κ2) is 6.55. The maximum atomic E-state index is 13.4. The van der Waals surface area contributed by atoms with Crippen molar-refractivity contribution in [1.82, 2.24) is 24.6 Å². The minimum Gasteiger partial charge on any atom is -0.390 e. The number of benzene rings is 1. The van der Waals surface area contributed by atoms with Crippen molar-refractivity contribution in [2.24, 2.45) is 5.92 Å². The van der Waals surface area contributed by atoms with E-state index in [1.807, 2.05) is 39.1 Å². The molecular weight excluding hydrogens is 382 g/mol. The number of nitrogens with zero attached hydrogens (tertiary/aromatic N) is 4. The van der Waals surface area contributed by atoms with Gasteiger partial charge < -0.3 is 14.6 Å². The van der Waals surface area contributed by atoms with Crippen LogP contribution in [0.15, 0.2) is 42.9 Å². The number of ketones is 1. The molecule has 4 heterocycles. The first-order chi connectivity index (χ1) is 14.3. The first kappa shape index (κ1) is 18.6. The molecule has 3 aromatic rings. The number of fused-ring (bicyclic) bond motifs is 4. The van der Waals surface area contributed by atoms with Crippen molar-refractivity contribution >= 4 is 11.9 Å². The number of nitrogens with one attached hydrogen (secondary N) is 1. The summed E-state index contributed by atoms with van der Waals surface area (Å²) in [6, 6.07) is 9.62. The first-order valence-electron chi connectivity index (χ1n) is 10.0. The van der Waals surface area contributed by atoms with E-state index in [0.29, 0.717) is 18.7 Å². The topological polar surface area (TPSA) is 91.0 Å². The zero-order valence-corrected chi connectivity index (χ0v) is 17.1. The summed E-state index contributed by atoms with van der Waals surface area (Å²) in [4.78, 5) is 29.8. The van der Waals surface area contributed by atoms with Gasteiger partial charge in [0, 0.05) is 23.7 Å². The molecule has 0 radical (unpaired) electrons. The third-order valence-electron chi connectivity index (χ3n) is 5.58. The number of aryl methyl sites for hydroxylation is 1. The summed E-state index contributed by atoms with van der Waals surface area (Å²) in [6.07, 6.45) is 3.70. The van der Waals surface area contributed by atoms with Gasteiger partial charge in [0.1, 0.15) is 5.69 Å². The van der Waals surface area contributed by atoms with E-state index >= 15 is 0 Å². The van der Waals surface area contributed by atoms with Crippen LogP contribution in [0.2, 0.25) is 0 Å². The number of Topliss-reactive ketones (excluding diaryl/α,β-unsaturated/α-hetero) is 1. The Morgan fingerprint density at radius 1 is 1.23 bits per heavy atom. The lowest BCUT2D eigenvalue weighted by Crippen LogP contribution is -2.42. The summed E-state index contributed by atoms with van der Waals surface area (Å²) in [5.41, 5.74) is 3.34. The van der Waals surface area contributed by atoms with Gasteiger partial charge in [-0.25, -0.2) is 9.78 Å². The summed E-state index contributed by atoms with van der Waals surface area (Å²) >= 11 is 0. The van der Waals surface area contributed by atoms with E-state index < -0.39 is 11.6 Å². The molecule has 2 aliphatic rings. The molecule has 8 nitrogen and oxygen atoms in total. The van der Waals surface area contributed by atoms with Gasteiger partial charge in [0.15, 0.2) is 5.78 Å². The van der Waals surface area contributed by atoms with Crippen LogP contribution in [0.25, 0.3) is 11.3 Å². The molecule has 0 saturated heterocycles. The second-order valence-corrected chi connectivity index (χ2v) is 8.83. The molecular formula is C22H23N5O3. The standard InChI is InChI=1S/C22H23N5O3/c1-22(2,3)24-21(29)30-18-10-16-20(28)15(8-9-27(16)25-18)19-14-7-5-4-6-13(14)17-11-23-12-26(17)19/h4-7,10-12,15,19H,8-9H2,1-3H3,(H,24,29).